The van der Waals surface area contributed by atoms with Crippen LogP contribution < -0.4 is 10.6 Å². The molecule has 1 aromatic rings. The molecule has 0 aromatic heterocycles. The van der Waals surface area contributed by atoms with E-state index in [1.807, 2.05) is 30.3 Å². The van der Waals surface area contributed by atoms with Crippen LogP contribution in [0.2, 0.25) is 0 Å². The largest absolute Gasteiger partial charge is 0.464 e. The number of ether oxygens (including phenoxy) is 1. The van der Waals surface area contributed by atoms with E-state index in [0.29, 0.717) is 38.0 Å². The highest BCUT2D eigenvalue weighted by Crippen LogP contribution is 2.27. The Bertz CT molecular complexity index is 533. The van der Waals surface area contributed by atoms with Crippen molar-refractivity contribution in [3.63, 3.8) is 0 Å². The molecule has 2 rings (SSSR count). The van der Waals surface area contributed by atoms with Gasteiger partial charge < -0.3 is 15.4 Å². The average molecular weight is 367 g/mol. The maximum Gasteiger partial charge on any atom is 0.293 e. The Hall–Kier alpha value is -1.59. The molecule has 2 N–H and O–H groups in total. The molecule has 1 aliphatic heterocycles. The second kappa shape index (κ2) is 10.4. The van der Waals surface area contributed by atoms with Crippen LogP contribution in [0.5, 0.6) is 0 Å². The first-order valence-electron chi connectivity index (χ1n) is 8.88. The zero-order valence-corrected chi connectivity index (χ0v) is 15.3. The summed E-state index contributed by atoms with van der Waals surface area (Å²) < 4.78 is 5.36. The molecule has 0 spiro atoms. The van der Waals surface area contributed by atoms with Crippen molar-refractivity contribution in [3.05, 3.63) is 35.9 Å². The number of hydrogen-bond acceptors (Lipinski definition) is 4. The van der Waals surface area contributed by atoms with Gasteiger partial charge >= 0.3 is 0 Å². The van der Waals surface area contributed by atoms with Gasteiger partial charge in [-0.05, 0) is 37.9 Å². The van der Waals surface area contributed by atoms with Gasteiger partial charge in [0.2, 0.25) is 5.91 Å². The second-order valence-corrected chi connectivity index (χ2v) is 7.00. The van der Waals surface area contributed by atoms with E-state index in [1.54, 1.807) is 0 Å². The van der Waals surface area contributed by atoms with Gasteiger partial charge in [0.25, 0.3) is 6.47 Å². The van der Waals surface area contributed by atoms with Crippen molar-refractivity contribution in [2.75, 3.05) is 19.0 Å². The number of nitrogens with one attached hydrogen (secondary N) is 2. The van der Waals surface area contributed by atoms with Crippen LogP contribution in [-0.2, 0) is 20.7 Å². The smallest absolute Gasteiger partial charge is 0.293 e. The zero-order valence-electron chi connectivity index (χ0n) is 14.5. The number of halogens is 1. The summed E-state index contributed by atoms with van der Waals surface area (Å²) in [6.45, 7) is 2.20. The lowest BCUT2D eigenvalue weighted by Gasteiger charge is -2.40. The zero-order chi connectivity index (χ0) is 18.0. The van der Waals surface area contributed by atoms with Crippen molar-refractivity contribution in [1.82, 2.24) is 10.6 Å². The van der Waals surface area contributed by atoms with Gasteiger partial charge in [-0.25, -0.2) is 0 Å². The standard InChI is InChI=1S/C19H27ClN2O3/c20-10-4-7-18(24)22-19(8-11-21-12-9-19)14-17(25-15-23)13-16-5-2-1-3-6-16/h1-3,5-6,15,17,21H,4,7-14H2,(H,22,24). The van der Waals surface area contributed by atoms with E-state index in [-0.39, 0.29) is 17.6 Å². The minimum atomic E-state index is -0.336. The van der Waals surface area contributed by atoms with Crippen LogP contribution in [0.3, 0.4) is 0 Å². The summed E-state index contributed by atoms with van der Waals surface area (Å²) >= 11 is 5.69. The second-order valence-electron chi connectivity index (χ2n) is 6.62. The molecule has 1 atom stereocenters. The van der Waals surface area contributed by atoms with Gasteiger partial charge in [-0.2, -0.15) is 0 Å². The fraction of sp³-hybridized carbons (Fsp3) is 0.579. The number of alkyl halides is 1. The van der Waals surface area contributed by atoms with E-state index in [1.165, 1.54) is 0 Å². The summed E-state index contributed by atoms with van der Waals surface area (Å²) in [5, 5.41) is 6.54. The van der Waals surface area contributed by atoms with Crippen LogP contribution >= 0.6 is 11.6 Å². The van der Waals surface area contributed by atoms with Gasteiger partial charge in [0, 0.05) is 30.7 Å². The summed E-state index contributed by atoms with van der Waals surface area (Å²) in [6.07, 6.45) is 3.75. The van der Waals surface area contributed by atoms with Crippen molar-refractivity contribution in [3.8, 4) is 0 Å². The Labute approximate surface area is 154 Å². The summed E-state index contributed by atoms with van der Waals surface area (Å²) in [5.41, 5.74) is 0.781. The van der Waals surface area contributed by atoms with Gasteiger partial charge in [-0.3, -0.25) is 9.59 Å². The molecule has 1 aliphatic rings. The Morgan fingerprint density at radius 2 is 2.04 bits per heavy atom. The van der Waals surface area contributed by atoms with Crippen LogP contribution in [0.15, 0.2) is 30.3 Å². The Morgan fingerprint density at radius 1 is 1.32 bits per heavy atom. The number of piperidine rings is 1. The first-order valence-corrected chi connectivity index (χ1v) is 9.42. The van der Waals surface area contributed by atoms with E-state index < -0.39 is 0 Å². The van der Waals surface area contributed by atoms with Crippen LogP contribution in [0.25, 0.3) is 0 Å². The fourth-order valence-electron chi connectivity index (χ4n) is 3.43. The lowest BCUT2D eigenvalue weighted by molar-refractivity contribution is -0.135. The molecule has 5 nitrogen and oxygen atoms in total. The third-order valence-electron chi connectivity index (χ3n) is 4.68. The minimum Gasteiger partial charge on any atom is -0.464 e. The molecule has 1 unspecified atom stereocenters. The number of carbonyl (C=O) groups is 2. The molecule has 1 heterocycles. The topological polar surface area (TPSA) is 67.4 Å². The van der Waals surface area contributed by atoms with Gasteiger partial charge in [0.05, 0.1) is 0 Å². The van der Waals surface area contributed by atoms with Crippen LogP contribution in [0, 0.1) is 0 Å². The first kappa shape index (κ1) is 19.7. The minimum absolute atomic E-state index is 0.0205. The highest BCUT2D eigenvalue weighted by Gasteiger charge is 2.36. The molecular formula is C19H27ClN2O3. The summed E-state index contributed by atoms with van der Waals surface area (Å²) in [7, 11) is 0. The summed E-state index contributed by atoms with van der Waals surface area (Å²) in [4.78, 5) is 23.3. The predicted octanol–water partition coefficient (Wildman–Crippen LogP) is 2.42. The number of rotatable bonds is 10. The van der Waals surface area contributed by atoms with E-state index in [0.717, 1.165) is 31.5 Å². The van der Waals surface area contributed by atoms with E-state index in [2.05, 4.69) is 10.6 Å². The molecule has 0 aliphatic carbocycles. The van der Waals surface area contributed by atoms with E-state index in [9.17, 15) is 9.59 Å². The maximum atomic E-state index is 12.3. The van der Waals surface area contributed by atoms with Gasteiger partial charge in [0.1, 0.15) is 6.10 Å². The van der Waals surface area contributed by atoms with Gasteiger partial charge in [-0.1, -0.05) is 30.3 Å². The lowest BCUT2D eigenvalue weighted by atomic mass is 9.81. The van der Waals surface area contributed by atoms with Crippen molar-refractivity contribution in [1.29, 1.82) is 0 Å². The van der Waals surface area contributed by atoms with Crippen LogP contribution in [0.4, 0.5) is 0 Å². The molecule has 1 saturated heterocycles. The molecule has 1 amide bonds. The van der Waals surface area contributed by atoms with Crippen LogP contribution in [0.1, 0.15) is 37.7 Å². The van der Waals surface area contributed by atoms with Crippen molar-refractivity contribution >= 4 is 24.0 Å². The average Bonchev–Trinajstić information content (AvgIpc) is 2.61. The Kier molecular flexibility index (Phi) is 8.22. The molecule has 25 heavy (non-hydrogen) atoms. The van der Waals surface area contributed by atoms with Crippen LogP contribution in [-0.4, -0.2) is 43.0 Å². The summed E-state index contributed by atoms with van der Waals surface area (Å²) in [6, 6.07) is 9.96. The molecule has 138 valence electrons. The van der Waals surface area contributed by atoms with Crippen molar-refractivity contribution in [2.45, 2.75) is 50.2 Å². The highest BCUT2D eigenvalue weighted by molar-refractivity contribution is 6.17. The molecule has 0 saturated carbocycles. The molecule has 1 fully saturated rings. The number of carbonyl (C=O) groups excluding carboxylic acids is 2. The predicted molar refractivity (Wildman–Crippen MR) is 98.6 cm³/mol. The number of hydrogen-bond donors (Lipinski definition) is 2. The maximum absolute atomic E-state index is 12.3. The molecular weight excluding hydrogens is 340 g/mol. The Morgan fingerprint density at radius 3 is 2.68 bits per heavy atom. The van der Waals surface area contributed by atoms with Crippen molar-refractivity contribution in [2.24, 2.45) is 0 Å². The lowest BCUT2D eigenvalue weighted by Crippen LogP contribution is -2.56. The van der Waals surface area contributed by atoms with E-state index in [4.69, 9.17) is 16.3 Å². The number of benzene rings is 1. The third kappa shape index (κ3) is 6.67. The molecule has 0 radical (unpaired) electrons. The fourth-order valence-corrected chi connectivity index (χ4v) is 3.56. The molecule has 1 aromatic carbocycles. The Balaban J connectivity index is 2.06. The molecule has 6 heteroatoms. The SMILES string of the molecule is O=COC(Cc1ccccc1)CC1(NC(=O)CCCCl)CCNCC1. The van der Waals surface area contributed by atoms with E-state index >= 15 is 0 Å². The number of amides is 1. The normalized spacial score (nSPS) is 17.5. The van der Waals surface area contributed by atoms with Gasteiger partial charge in [-0.15, -0.1) is 11.6 Å². The first-order chi connectivity index (χ1) is 12.2. The molecule has 0 bridgehead atoms. The monoisotopic (exact) mass is 366 g/mol. The third-order valence-corrected chi connectivity index (χ3v) is 4.94. The highest BCUT2D eigenvalue weighted by atomic mass is 35.5. The quantitative estimate of drug-likeness (QED) is 0.493. The summed E-state index contributed by atoms with van der Waals surface area (Å²) in [5.74, 6) is 0.500. The van der Waals surface area contributed by atoms with Gasteiger partial charge in [0.15, 0.2) is 0 Å². The van der Waals surface area contributed by atoms with Crippen molar-refractivity contribution < 1.29 is 14.3 Å².